The Bertz CT molecular complexity index is 295. The molecule has 0 rings (SSSR count). The second kappa shape index (κ2) is 9.80. The summed E-state index contributed by atoms with van der Waals surface area (Å²) in [6, 6.07) is 2.31. The molecule has 0 fully saturated rings. The van der Waals surface area contributed by atoms with E-state index in [0.29, 0.717) is 5.92 Å². The van der Waals surface area contributed by atoms with E-state index < -0.39 is 5.97 Å². The lowest BCUT2D eigenvalue weighted by Crippen LogP contribution is -2.19. The predicted octanol–water partition coefficient (Wildman–Crippen LogP) is 3.19. The summed E-state index contributed by atoms with van der Waals surface area (Å²) in [6.45, 7) is 7.98. The van der Waals surface area contributed by atoms with E-state index in [1.165, 1.54) is 0 Å². The normalized spacial score (nSPS) is 12.9. The van der Waals surface area contributed by atoms with Gasteiger partial charge in [0, 0.05) is 6.42 Å². The average Bonchev–Trinajstić information content (AvgIpc) is 2.35. The molecular formula is C15H28N2O2. The number of nitrogens with zero attached hydrogens (tertiary/aromatic N) is 1. The molecule has 0 aliphatic rings. The van der Waals surface area contributed by atoms with Crippen molar-refractivity contribution in [2.75, 3.05) is 13.1 Å². The summed E-state index contributed by atoms with van der Waals surface area (Å²) in [5, 5.41) is 20.8. The van der Waals surface area contributed by atoms with Gasteiger partial charge in [-0.25, -0.2) is 0 Å². The van der Waals surface area contributed by atoms with Gasteiger partial charge >= 0.3 is 5.97 Å². The molecule has 0 bridgehead atoms. The molecule has 0 aliphatic heterocycles. The van der Waals surface area contributed by atoms with E-state index in [4.69, 9.17) is 10.4 Å². The molecule has 0 heterocycles. The number of rotatable bonds is 11. The van der Waals surface area contributed by atoms with Crippen LogP contribution in [0.5, 0.6) is 0 Å². The Morgan fingerprint density at radius 1 is 1.32 bits per heavy atom. The van der Waals surface area contributed by atoms with Crippen molar-refractivity contribution in [3.8, 4) is 6.07 Å². The van der Waals surface area contributed by atoms with Crippen molar-refractivity contribution in [3.63, 3.8) is 0 Å². The maximum atomic E-state index is 10.4. The van der Waals surface area contributed by atoms with Crippen molar-refractivity contribution >= 4 is 5.97 Å². The predicted molar refractivity (Wildman–Crippen MR) is 76.8 cm³/mol. The molecule has 110 valence electrons. The summed E-state index contributed by atoms with van der Waals surface area (Å²) in [6.07, 6.45) is 5.16. The monoisotopic (exact) mass is 268 g/mol. The number of hydrogen-bond donors (Lipinski definition) is 2. The van der Waals surface area contributed by atoms with Crippen molar-refractivity contribution in [1.29, 1.82) is 5.26 Å². The zero-order valence-electron chi connectivity index (χ0n) is 12.5. The zero-order valence-corrected chi connectivity index (χ0v) is 12.5. The fraction of sp³-hybridized carbons (Fsp3) is 0.867. The first-order chi connectivity index (χ1) is 8.87. The van der Waals surface area contributed by atoms with Gasteiger partial charge in [0.1, 0.15) is 0 Å². The summed E-state index contributed by atoms with van der Waals surface area (Å²) >= 11 is 0. The van der Waals surface area contributed by atoms with Crippen LogP contribution in [-0.4, -0.2) is 24.2 Å². The van der Waals surface area contributed by atoms with E-state index in [9.17, 15) is 4.79 Å². The first-order valence-corrected chi connectivity index (χ1v) is 7.21. The number of carbonyl (C=O) groups is 1. The van der Waals surface area contributed by atoms with Crippen molar-refractivity contribution in [3.05, 3.63) is 0 Å². The molecule has 1 unspecified atom stereocenters. The lowest BCUT2D eigenvalue weighted by Gasteiger charge is -2.14. The Labute approximate surface area is 117 Å². The molecule has 0 aliphatic carbocycles. The van der Waals surface area contributed by atoms with Crippen LogP contribution >= 0.6 is 0 Å². The van der Waals surface area contributed by atoms with Crippen LogP contribution in [0.1, 0.15) is 59.3 Å². The van der Waals surface area contributed by atoms with Crippen LogP contribution < -0.4 is 5.32 Å². The van der Waals surface area contributed by atoms with Gasteiger partial charge < -0.3 is 10.4 Å². The van der Waals surface area contributed by atoms with Crippen LogP contribution in [0.25, 0.3) is 0 Å². The van der Waals surface area contributed by atoms with Gasteiger partial charge in [0.2, 0.25) is 0 Å². The number of unbranched alkanes of at least 4 members (excludes halogenated alkanes) is 1. The summed E-state index contributed by atoms with van der Waals surface area (Å²) < 4.78 is 0. The molecule has 2 N–H and O–H groups in total. The first-order valence-electron chi connectivity index (χ1n) is 7.21. The molecule has 0 amide bonds. The van der Waals surface area contributed by atoms with Gasteiger partial charge in [-0.15, -0.1) is 0 Å². The molecule has 0 aromatic rings. The van der Waals surface area contributed by atoms with E-state index in [1.54, 1.807) is 0 Å². The standard InChI is InChI=1S/C15H28N2O2/c1-13(6-7-14(18)19)8-11-17-10-5-4-9-15(2,3)12-16/h13,17H,4-11H2,1-3H3,(H,18,19). The molecule has 0 saturated heterocycles. The number of nitrogens with one attached hydrogen (secondary N) is 1. The van der Waals surface area contributed by atoms with E-state index in [-0.39, 0.29) is 11.8 Å². The summed E-state index contributed by atoms with van der Waals surface area (Å²) in [5.41, 5.74) is -0.203. The number of carboxylic acids is 1. The lowest BCUT2D eigenvalue weighted by atomic mass is 9.89. The SMILES string of the molecule is CC(CCNCCCCC(C)(C)C#N)CCC(=O)O. The van der Waals surface area contributed by atoms with Gasteiger partial charge in [-0.2, -0.15) is 5.26 Å². The number of nitriles is 1. The zero-order chi connectivity index (χ0) is 14.7. The Morgan fingerprint density at radius 2 is 2.00 bits per heavy atom. The van der Waals surface area contributed by atoms with E-state index >= 15 is 0 Å². The highest BCUT2D eigenvalue weighted by Crippen LogP contribution is 2.21. The maximum Gasteiger partial charge on any atom is 0.303 e. The Kier molecular flexibility index (Phi) is 9.24. The van der Waals surface area contributed by atoms with E-state index in [2.05, 4.69) is 18.3 Å². The number of carboxylic acid groups (broad SMARTS) is 1. The van der Waals surface area contributed by atoms with Gasteiger partial charge in [0.15, 0.2) is 0 Å². The van der Waals surface area contributed by atoms with Gasteiger partial charge in [-0.3, -0.25) is 4.79 Å². The molecule has 0 saturated carbocycles. The summed E-state index contributed by atoms with van der Waals surface area (Å²) in [5.74, 6) is -0.249. The first kappa shape index (κ1) is 17.9. The van der Waals surface area contributed by atoms with Crippen molar-refractivity contribution in [2.45, 2.75) is 59.3 Å². The largest absolute Gasteiger partial charge is 0.481 e. The number of aliphatic carboxylic acids is 1. The Balaban J connectivity index is 3.36. The van der Waals surface area contributed by atoms with Crippen molar-refractivity contribution < 1.29 is 9.90 Å². The van der Waals surface area contributed by atoms with Crippen LogP contribution in [0.4, 0.5) is 0 Å². The second-order valence-corrected chi connectivity index (χ2v) is 6.03. The molecule has 0 spiro atoms. The molecule has 4 nitrogen and oxygen atoms in total. The molecule has 4 heteroatoms. The summed E-state index contributed by atoms with van der Waals surface area (Å²) in [4.78, 5) is 10.4. The van der Waals surface area contributed by atoms with Crippen LogP contribution in [0.2, 0.25) is 0 Å². The van der Waals surface area contributed by atoms with E-state index in [0.717, 1.165) is 45.2 Å². The lowest BCUT2D eigenvalue weighted by molar-refractivity contribution is -0.137. The third-order valence-electron chi connectivity index (χ3n) is 3.37. The molecule has 0 aromatic heterocycles. The highest BCUT2D eigenvalue weighted by Gasteiger charge is 2.15. The molecule has 1 atom stereocenters. The minimum Gasteiger partial charge on any atom is -0.481 e. The smallest absolute Gasteiger partial charge is 0.303 e. The minimum absolute atomic E-state index is 0.203. The fourth-order valence-electron chi connectivity index (χ4n) is 1.86. The highest BCUT2D eigenvalue weighted by atomic mass is 16.4. The third kappa shape index (κ3) is 11.7. The maximum absolute atomic E-state index is 10.4. The van der Waals surface area contributed by atoms with Gasteiger partial charge in [0.25, 0.3) is 0 Å². The van der Waals surface area contributed by atoms with Gasteiger partial charge in [-0.1, -0.05) is 13.3 Å². The van der Waals surface area contributed by atoms with Crippen LogP contribution in [0.15, 0.2) is 0 Å². The number of hydrogen-bond acceptors (Lipinski definition) is 3. The topological polar surface area (TPSA) is 73.1 Å². The quantitative estimate of drug-likeness (QED) is 0.564. The van der Waals surface area contributed by atoms with Gasteiger partial charge in [0.05, 0.1) is 11.5 Å². The van der Waals surface area contributed by atoms with Gasteiger partial charge in [-0.05, 0) is 58.5 Å². The van der Waals surface area contributed by atoms with Crippen molar-refractivity contribution in [2.24, 2.45) is 11.3 Å². The average molecular weight is 268 g/mol. The molecule has 0 radical (unpaired) electrons. The van der Waals surface area contributed by atoms with Crippen molar-refractivity contribution in [1.82, 2.24) is 5.32 Å². The minimum atomic E-state index is -0.708. The summed E-state index contributed by atoms with van der Waals surface area (Å²) in [7, 11) is 0. The molecule has 19 heavy (non-hydrogen) atoms. The third-order valence-corrected chi connectivity index (χ3v) is 3.37. The van der Waals surface area contributed by atoms with Crippen LogP contribution in [0, 0.1) is 22.7 Å². The Hall–Kier alpha value is -1.08. The molecular weight excluding hydrogens is 240 g/mol. The highest BCUT2D eigenvalue weighted by molar-refractivity contribution is 5.66. The second-order valence-electron chi connectivity index (χ2n) is 6.03. The fourth-order valence-corrected chi connectivity index (χ4v) is 1.86. The molecule has 0 aromatic carbocycles. The Morgan fingerprint density at radius 3 is 2.58 bits per heavy atom. The van der Waals surface area contributed by atoms with E-state index in [1.807, 2.05) is 13.8 Å². The van der Waals surface area contributed by atoms with Crippen LogP contribution in [-0.2, 0) is 4.79 Å². The van der Waals surface area contributed by atoms with Crippen LogP contribution in [0.3, 0.4) is 0 Å².